The van der Waals surface area contributed by atoms with Gasteiger partial charge in [-0.2, -0.15) is 9.48 Å². The molecule has 1 fully saturated rings. The van der Waals surface area contributed by atoms with Crippen LogP contribution < -0.4 is 20.9 Å². The fraction of sp³-hybridized carbons (Fsp3) is 0.423. The fourth-order valence-corrected chi connectivity index (χ4v) is 5.82. The van der Waals surface area contributed by atoms with Crippen LogP contribution in [-0.2, 0) is 29.1 Å². The molecular formula is C26H33FN3O9P. The number of nitrogens with zero attached hydrogens (tertiary/aromatic N) is 1. The molecule has 1 aliphatic rings. The monoisotopic (exact) mass is 581 g/mol. The lowest BCUT2D eigenvalue weighted by Crippen LogP contribution is -2.43. The Morgan fingerprint density at radius 3 is 2.73 bits per heavy atom. The molecule has 14 heteroatoms. The van der Waals surface area contributed by atoms with E-state index in [1.807, 2.05) is 23.2 Å². The number of hydrogen-bond donors (Lipinski definition) is 3. The third kappa shape index (κ3) is 6.68. The number of H-pyrrole nitrogens is 1. The molecule has 218 valence electrons. The highest BCUT2D eigenvalue weighted by Gasteiger charge is 2.46. The summed E-state index contributed by atoms with van der Waals surface area (Å²) in [5.41, 5.74) is -3.68. The Labute approximate surface area is 229 Å². The van der Waals surface area contributed by atoms with Gasteiger partial charge in [0.1, 0.15) is 23.6 Å². The van der Waals surface area contributed by atoms with Crippen molar-refractivity contribution in [1.29, 1.82) is 0 Å². The minimum atomic E-state index is -4.31. The van der Waals surface area contributed by atoms with E-state index in [1.165, 1.54) is 13.8 Å². The minimum absolute atomic E-state index is 0. The summed E-state index contributed by atoms with van der Waals surface area (Å²) in [6.07, 6.45) is -1.85. The van der Waals surface area contributed by atoms with E-state index in [2.05, 4.69) is 5.09 Å². The summed E-state index contributed by atoms with van der Waals surface area (Å²) in [5.74, 6) is -1.68. The number of benzene rings is 2. The van der Waals surface area contributed by atoms with Crippen molar-refractivity contribution < 1.29 is 37.4 Å². The van der Waals surface area contributed by atoms with Crippen LogP contribution in [0.25, 0.3) is 10.8 Å². The Kier molecular flexibility index (Phi) is 9.70. The number of carbonyl (C=O) groups is 1. The predicted octanol–water partition coefficient (Wildman–Crippen LogP) is 3.03. The molecule has 12 nitrogen and oxygen atoms in total. The molecule has 0 radical (unpaired) electrons. The van der Waals surface area contributed by atoms with Gasteiger partial charge < -0.3 is 19.1 Å². The number of esters is 1. The summed E-state index contributed by atoms with van der Waals surface area (Å²) in [4.78, 5) is 37.8. The Morgan fingerprint density at radius 1 is 1.30 bits per heavy atom. The lowest BCUT2D eigenvalue weighted by atomic mass is 10.1. The maximum absolute atomic E-state index is 13.9. The van der Waals surface area contributed by atoms with E-state index in [1.54, 1.807) is 31.2 Å². The van der Waals surface area contributed by atoms with Gasteiger partial charge in [0.25, 0.3) is 5.56 Å². The maximum atomic E-state index is 13.9. The van der Waals surface area contributed by atoms with Crippen LogP contribution in [0, 0.1) is 5.82 Å². The number of aliphatic hydroxyl groups excluding tert-OH is 1. The number of hydrogen-bond acceptors (Lipinski definition) is 9. The first-order valence-corrected chi connectivity index (χ1v) is 13.7. The van der Waals surface area contributed by atoms with Crippen LogP contribution in [0.2, 0.25) is 0 Å². The van der Waals surface area contributed by atoms with Crippen molar-refractivity contribution in [1.82, 2.24) is 14.6 Å². The van der Waals surface area contributed by atoms with E-state index in [0.717, 1.165) is 9.95 Å². The highest BCUT2D eigenvalue weighted by molar-refractivity contribution is 7.52. The largest absolute Gasteiger partial charge is 0.465 e. The third-order valence-electron chi connectivity index (χ3n) is 6.20. The third-order valence-corrected chi connectivity index (χ3v) is 7.83. The molecule has 1 aliphatic heterocycles. The second-order valence-electron chi connectivity index (χ2n) is 9.17. The zero-order valence-corrected chi connectivity index (χ0v) is 22.4. The maximum Gasteiger partial charge on any atom is 0.459 e. The van der Waals surface area contributed by atoms with Gasteiger partial charge >= 0.3 is 19.4 Å². The van der Waals surface area contributed by atoms with Crippen LogP contribution in [0.5, 0.6) is 5.75 Å². The molecule has 2 unspecified atom stereocenters. The van der Waals surface area contributed by atoms with Crippen LogP contribution in [0.1, 0.15) is 34.6 Å². The summed E-state index contributed by atoms with van der Waals surface area (Å²) in [7, 11) is -4.31. The molecule has 2 aromatic carbocycles. The molecule has 3 aromatic rings. The van der Waals surface area contributed by atoms with E-state index in [0.29, 0.717) is 11.6 Å². The second kappa shape index (κ2) is 12.4. The van der Waals surface area contributed by atoms with E-state index in [4.69, 9.17) is 18.5 Å². The number of nitrogens with one attached hydrogen (secondary N) is 2. The van der Waals surface area contributed by atoms with Crippen LogP contribution in [0.3, 0.4) is 0 Å². The Balaban J connectivity index is 0.00000441. The summed E-state index contributed by atoms with van der Waals surface area (Å²) >= 11 is 0. The van der Waals surface area contributed by atoms with Gasteiger partial charge in [-0.1, -0.05) is 43.8 Å². The molecule has 0 saturated carbocycles. The molecule has 3 N–H and O–H groups in total. The van der Waals surface area contributed by atoms with Gasteiger partial charge in [-0.25, -0.2) is 9.36 Å². The fourth-order valence-electron chi connectivity index (χ4n) is 4.29. The van der Waals surface area contributed by atoms with E-state index in [9.17, 15) is 28.4 Å². The number of carbonyl (C=O) groups excluding carboxylic acids is 1. The quantitative estimate of drug-likeness (QED) is 0.240. The number of halogens is 1. The van der Waals surface area contributed by atoms with Crippen molar-refractivity contribution in [2.45, 2.75) is 58.6 Å². The Morgan fingerprint density at radius 2 is 2.00 bits per heavy atom. The van der Waals surface area contributed by atoms with Crippen molar-refractivity contribution in [2.75, 3.05) is 13.2 Å². The standard InChI is InChI=1S/C25H29FN3O9P.CH4/c1-4-35-23(32)15(2)28-39(34,38-20-11-7-9-16-8-5-6-10-17(16)20)36-14-21-19(30)12-25(3,37-21)29-13-18(26)22(31)27-24(29)33;/h5-11,13,15,19,21,30H,4,12,14H2,1-3H3,(H,28,34)(H,27,31,33);1H4/t15-,19?,21+,25+,39?;/m0./s1. The van der Waals surface area contributed by atoms with Crippen LogP contribution in [0.15, 0.2) is 58.3 Å². The van der Waals surface area contributed by atoms with Gasteiger partial charge in [0.2, 0.25) is 5.82 Å². The van der Waals surface area contributed by atoms with Gasteiger partial charge in [0.15, 0.2) is 0 Å². The summed E-state index contributed by atoms with van der Waals surface area (Å²) in [5, 5.41) is 14.7. The molecule has 1 saturated heterocycles. The molecule has 1 aromatic heterocycles. The number of fused-ring (bicyclic) bond motifs is 1. The van der Waals surface area contributed by atoms with E-state index >= 15 is 0 Å². The number of aromatic amines is 1. The summed E-state index contributed by atoms with van der Waals surface area (Å²) in [6.45, 7) is 4.08. The van der Waals surface area contributed by atoms with Crippen molar-refractivity contribution in [2.24, 2.45) is 0 Å². The highest BCUT2D eigenvalue weighted by atomic mass is 31.2. The van der Waals surface area contributed by atoms with Gasteiger partial charge in [-0.15, -0.1) is 0 Å². The molecule has 2 heterocycles. The molecule has 40 heavy (non-hydrogen) atoms. The lowest BCUT2D eigenvalue weighted by Gasteiger charge is -2.27. The van der Waals surface area contributed by atoms with Crippen molar-refractivity contribution in [3.05, 3.63) is 75.3 Å². The molecule has 5 atom stereocenters. The Hall–Kier alpha value is -3.35. The van der Waals surface area contributed by atoms with Crippen LogP contribution >= 0.6 is 7.75 Å². The first-order valence-electron chi connectivity index (χ1n) is 12.2. The number of rotatable bonds is 10. The second-order valence-corrected chi connectivity index (χ2v) is 10.9. The zero-order valence-electron chi connectivity index (χ0n) is 21.5. The first-order chi connectivity index (χ1) is 18.4. The van der Waals surface area contributed by atoms with Crippen molar-refractivity contribution in [3.8, 4) is 5.75 Å². The Bertz CT molecular complexity index is 1520. The van der Waals surface area contributed by atoms with E-state index in [-0.39, 0.29) is 26.2 Å². The molecule has 0 spiro atoms. The topological polar surface area (TPSA) is 158 Å². The van der Waals surface area contributed by atoms with Crippen LogP contribution in [-0.4, -0.2) is 52.1 Å². The number of ether oxygens (including phenoxy) is 2. The highest BCUT2D eigenvalue weighted by Crippen LogP contribution is 2.48. The molecule has 0 aliphatic carbocycles. The van der Waals surface area contributed by atoms with Gasteiger partial charge in [-0.05, 0) is 32.2 Å². The zero-order chi connectivity index (χ0) is 28.4. The summed E-state index contributed by atoms with van der Waals surface area (Å²) in [6, 6.07) is 11.3. The predicted molar refractivity (Wildman–Crippen MR) is 145 cm³/mol. The smallest absolute Gasteiger partial charge is 0.459 e. The lowest BCUT2D eigenvalue weighted by molar-refractivity contribution is -0.144. The van der Waals surface area contributed by atoms with Crippen molar-refractivity contribution >= 4 is 24.5 Å². The number of aromatic nitrogens is 2. The molecule has 0 bridgehead atoms. The average molecular weight is 582 g/mol. The number of aliphatic hydroxyl groups is 1. The minimum Gasteiger partial charge on any atom is -0.465 e. The summed E-state index contributed by atoms with van der Waals surface area (Å²) < 4.78 is 50.9. The average Bonchev–Trinajstić information content (AvgIpc) is 3.19. The molecule has 4 rings (SSSR count). The molecule has 0 amide bonds. The van der Waals surface area contributed by atoms with Crippen molar-refractivity contribution in [3.63, 3.8) is 0 Å². The van der Waals surface area contributed by atoms with Crippen LogP contribution in [0.4, 0.5) is 4.39 Å². The van der Waals surface area contributed by atoms with E-state index < -0.39 is 61.4 Å². The SMILES string of the molecule is C.CCOC(=O)[C@H](C)NP(=O)(OC[C@H]1O[C@@](C)(n2cc(F)c(=O)[nH]c2=O)CC1O)Oc1cccc2ccccc12. The van der Waals surface area contributed by atoms with Gasteiger partial charge in [0, 0.05) is 11.8 Å². The van der Waals surface area contributed by atoms with Gasteiger partial charge in [0.05, 0.1) is 25.5 Å². The molecular weight excluding hydrogens is 548 g/mol. The normalized spacial score (nSPS) is 22.7. The van der Waals surface area contributed by atoms with Gasteiger partial charge in [-0.3, -0.25) is 23.7 Å². The first kappa shape index (κ1) is 31.2.